The molecule has 7 heteroatoms. The number of ether oxygens (including phenoxy) is 1. The van der Waals surface area contributed by atoms with Crippen LogP contribution in [0.5, 0.6) is 0 Å². The summed E-state index contributed by atoms with van der Waals surface area (Å²) in [5, 5.41) is 0. The van der Waals surface area contributed by atoms with Gasteiger partial charge in [-0.3, -0.25) is 4.79 Å². The average molecular weight is 462 g/mol. The van der Waals surface area contributed by atoms with Gasteiger partial charge in [0, 0.05) is 50.1 Å². The molecule has 1 aliphatic heterocycles. The summed E-state index contributed by atoms with van der Waals surface area (Å²) in [5.41, 5.74) is 2.24. The summed E-state index contributed by atoms with van der Waals surface area (Å²) in [7, 11) is 0. The lowest BCUT2D eigenvalue weighted by atomic mass is 9.86. The molecule has 1 saturated heterocycles. The summed E-state index contributed by atoms with van der Waals surface area (Å²) in [6, 6.07) is 5.77. The molecule has 2 heterocycles. The monoisotopic (exact) mass is 461 g/mol. The molecule has 2 aliphatic rings. The molecule has 0 radical (unpaired) electrons. The minimum Gasteiger partial charge on any atom is -0.378 e. The Balaban J connectivity index is 1.56. The van der Waals surface area contributed by atoms with Gasteiger partial charge in [0.05, 0.1) is 17.1 Å². The number of rotatable bonds is 5. The van der Waals surface area contributed by atoms with Gasteiger partial charge in [0.25, 0.3) is 5.91 Å². The van der Waals surface area contributed by atoms with E-state index in [0.717, 1.165) is 29.7 Å². The maximum absolute atomic E-state index is 13.6. The first-order valence-corrected chi connectivity index (χ1v) is 12.4. The van der Waals surface area contributed by atoms with E-state index in [0.29, 0.717) is 44.6 Å². The minimum absolute atomic E-state index is 0.0339. The summed E-state index contributed by atoms with van der Waals surface area (Å²) in [5.74, 6) is -1.33. The van der Waals surface area contributed by atoms with Crippen molar-refractivity contribution in [3.8, 4) is 0 Å². The lowest BCUT2D eigenvalue weighted by Crippen LogP contribution is -2.40. The molecule has 182 valence electrons. The Morgan fingerprint density at radius 1 is 1.15 bits per heavy atom. The molecule has 0 unspecified atom stereocenters. The van der Waals surface area contributed by atoms with Gasteiger partial charge in [0.1, 0.15) is 5.82 Å². The number of halogens is 2. The highest BCUT2D eigenvalue weighted by Gasteiger charge is 2.36. The van der Waals surface area contributed by atoms with E-state index in [1.54, 1.807) is 0 Å². The molecule has 5 nitrogen and oxygen atoms in total. The first-order chi connectivity index (χ1) is 15.6. The summed E-state index contributed by atoms with van der Waals surface area (Å²) >= 11 is 0. The number of carbonyl (C=O) groups excluding carboxylic acids is 1. The topological polar surface area (TPSA) is 47.4 Å². The zero-order valence-electron chi connectivity index (χ0n) is 20.4. The van der Waals surface area contributed by atoms with Crippen LogP contribution < -0.4 is 0 Å². The van der Waals surface area contributed by atoms with E-state index in [9.17, 15) is 13.6 Å². The van der Waals surface area contributed by atoms with Crippen LogP contribution in [-0.2, 0) is 16.7 Å². The van der Waals surface area contributed by atoms with E-state index >= 15 is 0 Å². The molecule has 1 saturated carbocycles. The number of fused-ring (bicyclic) bond motifs is 1. The summed E-state index contributed by atoms with van der Waals surface area (Å²) in [4.78, 5) is 20.0. The van der Waals surface area contributed by atoms with Gasteiger partial charge in [-0.2, -0.15) is 0 Å². The van der Waals surface area contributed by atoms with Gasteiger partial charge in [-0.05, 0) is 56.7 Å². The molecule has 1 amide bonds. The first kappa shape index (κ1) is 24.1. The van der Waals surface area contributed by atoms with Crippen LogP contribution in [0.2, 0.25) is 0 Å². The molecule has 4 rings (SSSR count). The lowest BCUT2D eigenvalue weighted by Gasteiger charge is -2.31. The predicted octanol–water partition coefficient (Wildman–Crippen LogP) is 5.80. The van der Waals surface area contributed by atoms with E-state index < -0.39 is 5.92 Å². The van der Waals surface area contributed by atoms with E-state index in [2.05, 4.69) is 25.3 Å². The molecule has 0 atom stereocenters. The highest BCUT2D eigenvalue weighted by molar-refractivity contribution is 5.97. The van der Waals surface area contributed by atoms with Crippen LogP contribution in [0.3, 0.4) is 0 Å². The molecule has 0 bridgehead atoms. The number of aromatic nitrogens is 2. The lowest BCUT2D eigenvalue weighted by molar-refractivity contribution is -0.0473. The van der Waals surface area contributed by atoms with Crippen molar-refractivity contribution in [2.24, 2.45) is 5.92 Å². The number of benzene rings is 1. The van der Waals surface area contributed by atoms with Crippen molar-refractivity contribution in [2.45, 2.75) is 90.2 Å². The van der Waals surface area contributed by atoms with E-state index in [4.69, 9.17) is 9.72 Å². The van der Waals surface area contributed by atoms with E-state index in [1.807, 2.05) is 30.0 Å². The zero-order chi connectivity index (χ0) is 23.8. The molecule has 0 N–H and O–H groups in total. The van der Waals surface area contributed by atoms with Gasteiger partial charge in [-0.1, -0.05) is 20.8 Å². The number of alkyl halides is 2. The maximum atomic E-state index is 13.6. The second kappa shape index (κ2) is 9.32. The highest BCUT2D eigenvalue weighted by Crippen LogP contribution is 2.38. The van der Waals surface area contributed by atoms with Gasteiger partial charge >= 0.3 is 0 Å². The van der Waals surface area contributed by atoms with Crippen LogP contribution in [0.15, 0.2) is 18.2 Å². The second-order valence-corrected chi connectivity index (χ2v) is 10.7. The molecule has 2 fully saturated rings. The van der Waals surface area contributed by atoms with Crippen molar-refractivity contribution in [2.75, 3.05) is 19.7 Å². The van der Waals surface area contributed by atoms with Crippen molar-refractivity contribution >= 4 is 16.9 Å². The molecular weight excluding hydrogens is 424 g/mol. The summed E-state index contributed by atoms with van der Waals surface area (Å²) in [6.07, 6.45) is 2.97. The smallest absolute Gasteiger partial charge is 0.253 e. The molecule has 2 aromatic rings. The number of hydrogen-bond acceptors (Lipinski definition) is 3. The molecular formula is C26H37F2N3O2. The molecule has 1 aliphatic carbocycles. The van der Waals surface area contributed by atoms with Gasteiger partial charge < -0.3 is 14.2 Å². The van der Waals surface area contributed by atoms with Crippen LogP contribution >= 0.6 is 0 Å². The molecule has 1 aromatic heterocycles. The number of imidazole rings is 1. The Morgan fingerprint density at radius 2 is 1.82 bits per heavy atom. The highest BCUT2D eigenvalue weighted by atomic mass is 19.3. The number of amides is 1. The Morgan fingerprint density at radius 3 is 2.42 bits per heavy atom. The SMILES string of the molecule is CCOC1CCN(C(=O)c2ccc3c(c2)nc(C(C)(C)C)n3CC2CCC(F)(F)CC2)CC1. The Hall–Kier alpha value is -2.02. The molecule has 0 spiro atoms. The Bertz CT molecular complexity index is 977. The molecule has 1 aromatic carbocycles. The normalized spacial score (nSPS) is 20.5. The van der Waals surface area contributed by atoms with E-state index in [-0.39, 0.29) is 36.2 Å². The van der Waals surface area contributed by atoms with Crippen LogP contribution in [0, 0.1) is 5.92 Å². The largest absolute Gasteiger partial charge is 0.378 e. The van der Waals surface area contributed by atoms with E-state index in [1.165, 1.54) is 0 Å². The van der Waals surface area contributed by atoms with Crippen molar-refractivity contribution in [3.63, 3.8) is 0 Å². The van der Waals surface area contributed by atoms with Crippen LogP contribution in [0.4, 0.5) is 8.78 Å². The Labute approximate surface area is 195 Å². The fourth-order valence-corrected chi connectivity index (χ4v) is 5.20. The quantitative estimate of drug-likeness (QED) is 0.565. The number of piperidine rings is 1. The predicted molar refractivity (Wildman–Crippen MR) is 126 cm³/mol. The van der Waals surface area contributed by atoms with Gasteiger partial charge in [0.15, 0.2) is 0 Å². The summed E-state index contributed by atoms with van der Waals surface area (Å²) in [6.45, 7) is 11.2. The van der Waals surface area contributed by atoms with Gasteiger partial charge in [-0.25, -0.2) is 13.8 Å². The minimum atomic E-state index is -2.52. The van der Waals surface area contributed by atoms with Gasteiger partial charge in [-0.15, -0.1) is 0 Å². The maximum Gasteiger partial charge on any atom is 0.253 e. The number of hydrogen-bond donors (Lipinski definition) is 0. The van der Waals surface area contributed by atoms with Crippen molar-refractivity contribution in [1.29, 1.82) is 0 Å². The third kappa shape index (κ3) is 5.39. The first-order valence-electron chi connectivity index (χ1n) is 12.4. The molecule has 33 heavy (non-hydrogen) atoms. The standard InChI is InChI=1S/C26H37F2N3O2/c1-5-33-20-10-14-30(15-11-20)23(32)19-6-7-22-21(16-19)29-24(25(2,3)4)31(22)17-18-8-12-26(27,28)13-9-18/h6-7,16,18,20H,5,8-15,17H2,1-4H3. The van der Waals surface area contributed by atoms with Crippen LogP contribution in [-0.4, -0.2) is 52.1 Å². The van der Waals surface area contributed by atoms with Gasteiger partial charge in [0.2, 0.25) is 5.92 Å². The third-order valence-corrected chi connectivity index (χ3v) is 7.08. The van der Waals surface area contributed by atoms with Crippen molar-refractivity contribution in [3.05, 3.63) is 29.6 Å². The summed E-state index contributed by atoms with van der Waals surface area (Å²) < 4.78 is 35.2. The fourth-order valence-electron chi connectivity index (χ4n) is 5.20. The third-order valence-electron chi connectivity index (χ3n) is 7.08. The average Bonchev–Trinajstić information content (AvgIpc) is 3.13. The number of likely N-dealkylation sites (tertiary alicyclic amines) is 1. The van der Waals surface area contributed by atoms with Crippen molar-refractivity contribution < 1.29 is 18.3 Å². The van der Waals surface area contributed by atoms with Crippen LogP contribution in [0.1, 0.15) is 82.4 Å². The fraction of sp³-hybridized carbons (Fsp3) is 0.692. The number of carbonyl (C=O) groups is 1. The second-order valence-electron chi connectivity index (χ2n) is 10.7. The van der Waals surface area contributed by atoms with Crippen molar-refractivity contribution in [1.82, 2.24) is 14.5 Å². The van der Waals surface area contributed by atoms with Crippen LogP contribution in [0.25, 0.3) is 11.0 Å². The number of nitrogens with zero attached hydrogens (tertiary/aromatic N) is 3. The zero-order valence-corrected chi connectivity index (χ0v) is 20.4. The Kier molecular flexibility index (Phi) is 6.81.